The average Bonchev–Trinajstić information content (AvgIpc) is 2.11. The Morgan fingerprint density at radius 1 is 1.50 bits per heavy atom. The summed E-state index contributed by atoms with van der Waals surface area (Å²) in [5.41, 5.74) is 0.951. The Morgan fingerprint density at radius 3 is 2.64 bits per heavy atom. The van der Waals surface area contributed by atoms with Gasteiger partial charge in [-0.25, -0.2) is 0 Å². The first-order valence-corrected chi connectivity index (χ1v) is 5.19. The Labute approximate surface area is 87.0 Å². The molecule has 0 heterocycles. The zero-order chi connectivity index (χ0) is 11.0. The molecule has 2 nitrogen and oxygen atoms in total. The second-order valence-electron chi connectivity index (χ2n) is 3.98. The molecule has 0 saturated carbocycles. The first kappa shape index (κ1) is 13.4. The van der Waals surface area contributed by atoms with Crippen molar-refractivity contribution in [2.75, 3.05) is 6.61 Å². The molecule has 0 spiro atoms. The molecule has 0 amide bonds. The number of rotatable bonds is 7. The van der Waals surface area contributed by atoms with E-state index >= 15 is 0 Å². The highest BCUT2D eigenvalue weighted by atomic mass is 16.3. The smallest absolute Gasteiger partial charge is 0.0726 e. The van der Waals surface area contributed by atoms with E-state index in [0.29, 0.717) is 5.92 Å². The van der Waals surface area contributed by atoms with Crippen molar-refractivity contribution < 1.29 is 10.2 Å². The van der Waals surface area contributed by atoms with Crippen LogP contribution in [0, 0.1) is 5.92 Å². The first-order valence-electron chi connectivity index (χ1n) is 5.19. The van der Waals surface area contributed by atoms with Gasteiger partial charge in [-0.05, 0) is 32.1 Å². The van der Waals surface area contributed by atoms with Crippen LogP contribution in [0.5, 0.6) is 0 Å². The second kappa shape index (κ2) is 7.77. The lowest BCUT2D eigenvalue weighted by Crippen LogP contribution is -2.09. The van der Waals surface area contributed by atoms with E-state index in [2.05, 4.69) is 13.5 Å². The molecule has 0 rings (SSSR count). The van der Waals surface area contributed by atoms with Gasteiger partial charge in [0.15, 0.2) is 0 Å². The van der Waals surface area contributed by atoms with Crippen LogP contribution >= 0.6 is 0 Å². The van der Waals surface area contributed by atoms with Crippen molar-refractivity contribution >= 4 is 0 Å². The molecule has 0 aromatic carbocycles. The third-order valence-corrected chi connectivity index (χ3v) is 2.10. The summed E-state index contributed by atoms with van der Waals surface area (Å²) in [5, 5.41) is 18.2. The van der Waals surface area contributed by atoms with Gasteiger partial charge in [-0.1, -0.05) is 31.2 Å². The van der Waals surface area contributed by atoms with Crippen LogP contribution in [0.1, 0.15) is 33.1 Å². The van der Waals surface area contributed by atoms with E-state index in [1.165, 1.54) is 0 Å². The van der Waals surface area contributed by atoms with E-state index in [0.717, 1.165) is 24.8 Å². The fraction of sp³-hybridized carbons (Fsp3) is 0.667. The normalized spacial score (nSPS) is 15.7. The number of allylic oxidation sites excluding steroid dienone is 2. The molecule has 0 saturated heterocycles. The van der Waals surface area contributed by atoms with E-state index in [-0.39, 0.29) is 12.7 Å². The van der Waals surface area contributed by atoms with Gasteiger partial charge in [-0.2, -0.15) is 0 Å². The van der Waals surface area contributed by atoms with Crippen molar-refractivity contribution in [3.63, 3.8) is 0 Å². The van der Waals surface area contributed by atoms with Gasteiger partial charge in [0.2, 0.25) is 0 Å². The van der Waals surface area contributed by atoms with Crippen LogP contribution < -0.4 is 0 Å². The summed E-state index contributed by atoms with van der Waals surface area (Å²) in [7, 11) is 0. The fourth-order valence-electron chi connectivity index (χ4n) is 1.32. The largest absolute Gasteiger partial charge is 0.396 e. The Balaban J connectivity index is 3.70. The second-order valence-corrected chi connectivity index (χ2v) is 3.98. The molecule has 82 valence electrons. The third-order valence-electron chi connectivity index (χ3n) is 2.10. The van der Waals surface area contributed by atoms with E-state index < -0.39 is 0 Å². The maximum Gasteiger partial charge on any atom is 0.0726 e. The van der Waals surface area contributed by atoms with Gasteiger partial charge in [-0.15, -0.1) is 0 Å². The predicted molar refractivity (Wildman–Crippen MR) is 60.1 cm³/mol. The van der Waals surface area contributed by atoms with Gasteiger partial charge in [0.05, 0.1) is 6.10 Å². The lowest BCUT2D eigenvalue weighted by Gasteiger charge is -2.12. The van der Waals surface area contributed by atoms with Crippen molar-refractivity contribution in [2.45, 2.75) is 39.2 Å². The Morgan fingerprint density at radius 2 is 2.14 bits per heavy atom. The fourth-order valence-corrected chi connectivity index (χ4v) is 1.32. The maximum absolute atomic E-state index is 9.58. The molecule has 0 radical (unpaired) electrons. The minimum Gasteiger partial charge on any atom is -0.396 e. The van der Waals surface area contributed by atoms with Gasteiger partial charge in [0.1, 0.15) is 0 Å². The highest BCUT2D eigenvalue weighted by molar-refractivity contribution is 5.12. The third kappa shape index (κ3) is 8.02. The predicted octanol–water partition coefficient (Wildman–Crippen LogP) is 2.28. The maximum atomic E-state index is 9.58. The van der Waals surface area contributed by atoms with E-state index in [9.17, 15) is 5.11 Å². The molecule has 2 heteroatoms. The highest BCUT2D eigenvalue weighted by Crippen LogP contribution is 2.13. The van der Waals surface area contributed by atoms with E-state index in [4.69, 9.17) is 5.11 Å². The zero-order valence-electron chi connectivity index (χ0n) is 9.24. The molecule has 0 fully saturated rings. The molecule has 0 unspecified atom stereocenters. The lowest BCUT2D eigenvalue weighted by molar-refractivity contribution is 0.182. The summed E-state index contributed by atoms with van der Waals surface area (Å²) in [6.45, 7) is 7.95. The van der Waals surface area contributed by atoms with Crippen LogP contribution in [0.2, 0.25) is 0 Å². The van der Waals surface area contributed by atoms with Gasteiger partial charge in [-0.3, -0.25) is 0 Å². The first-order chi connectivity index (χ1) is 6.56. The lowest BCUT2D eigenvalue weighted by atomic mass is 9.98. The summed E-state index contributed by atoms with van der Waals surface area (Å²) in [4.78, 5) is 0. The SMILES string of the molecule is C=C(C)/C=C/[C@@H](O)C[C@@H](C)CCCO. The van der Waals surface area contributed by atoms with Crippen molar-refractivity contribution in [3.8, 4) is 0 Å². The molecular weight excluding hydrogens is 176 g/mol. The van der Waals surface area contributed by atoms with Gasteiger partial charge < -0.3 is 10.2 Å². The quantitative estimate of drug-likeness (QED) is 0.616. The molecule has 0 aliphatic carbocycles. The molecule has 0 aliphatic rings. The van der Waals surface area contributed by atoms with Crippen LogP contribution in [0.3, 0.4) is 0 Å². The molecular formula is C12H22O2. The summed E-state index contributed by atoms with van der Waals surface area (Å²) in [6, 6.07) is 0. The van der Waals surface area contributed by atoms with Crippen LogP contribution in [-0.4, -0.2) is 22.9 Å². The van der Waals surface area contributed by atoms with Crippen LogP contribution in [0.25, 0.3) is 0 Å². The van der Waals surface area contributed by atoms with Crippen molar-refractivity contribution in [1.82, 2.24) is 0 Å². The molecule has 14 heavy (non-hydrogen) atoms. The zero-order valence-corrected chi connectivity index (χ0v) is 9.24. The number of aliphatic hydroxyl groups excluding tert-OH is 2. The van der Waals surface area contributed by atoms with E-state index in [1.54, 1.807) is 6.08 Å². The Hall–Kier alpha value is -0.600. The molecule has 2 N–H and O–H groups in total. The average molecular weight is 198 g/mol. The Kier molecular flexibility index (Phi) is 7.44. The standard InChI is InChI=1S/C12H22O2/c1-10(2)6-7-12(14)9-11(3)5-4-8-13/h6-7,11-14H,1,4-5,8-9H2,2-3H3/b7-6+/t11-,12+/m0/s1. The number of hydrogen-bond donors (Lipinski definition) is 2. The van der Waals surface area contributed by atoms with Crippen molar-refractivity contribution in [3.05, 3.63) is 24.3 Å². The van der Waals surface area contributed by atoms with Gasteiger partial charge >= 0.3 is 0 Å². The van der Waals surface area contributed by atoms with Gasteiger partial charge in [0, 0.05) is 6.61 Å². The van der Waals surface area contributed by atoms with E-state index in [1.807, 2.05) is 13.0 Å². The van der Waals surface area contributed by atoms with Gasteiger partial charge in [0.25, 0.3) is 0 Å². The summed E-state index contributed by atoms with van der Waals surface area (Å²) < 4.78 is 0. The summed E-state index contributed by atoms with van der Waals surface area (Å²) >= 11 is 0. The number of aliphatic hydroxyl groups is 2. The van der Waals surface area contributed by atoms with Crippen LogP contribution in [0.15, 0.2) is 24.3 Å². The number of hydrogen-bond acceptors (Lipinski definition) is 2. The van der Waals surface area contributed by atoms with Crippen LogP contribution in [0.4, 0.5) is 0 Å². The summed E-state index contributed by atoms with van der Waals surface area (Å²) in [6.07, 6.45) is 5.76. The minimum atomic E-state index is -0.389. The van der Waals surface area contributed by atoms with Crippen molar-refractivity contribution in [1.29, 1.82) is 0 Å². The molecule has 0 aromatic rings. The molecule has 0 bridgehead atoms. The highest BCUT2D eigenvalue weighted by Gasteiger charge is 2.06. The van der Waals surface area contributed by atoms with Crippen LogP contribution in [-0.2, 0) is 0 Å². The Bertz CT molecular complexity index is 185. The van der Waals surface area contributed by atoms with Crippen molar-refractivity contribution in [2.24, 2.45) is 5.92 Å². The summed E-state index contributed by atoms with van der Waals surface area (Å²) in [5.74, 6) is 0.451. The topological polar surface area (TPSA) is 40.5 Å². The molecule has 2 atom stereocenters. The molecule has 0 aromatic heterocycles. The molecule has 0 aliphatic heterocycles. The monoisotopic (exact) mass is 198 g/mol. The minimum absolute atomic E-state index is 0.238.